The summed E-state index contributed by atoms with van der Waals surface area (Å²) in [7, 11) is 0. The fourth-order valence-electron chi connectivity index (χ4n) is 1.48. The van der Waals surface area contributed by atoms with E-state index in [1.54, 1.807) is 24.4 Å². The summed E-state index contributed by atoms with van der Waals surface area (Å²) in [4.78, 5) is 3.93. The second-order valence-electron chi connectivity index (χ2n) is 3.49. The predicted molar refractivity (Wildman–Crippen MR) is 62.7 cm³/mol. The highest BCUT2D eigenvalue weighted by Gasteiger charge is 2.01. The summed E-state index contributed by atoms with van der Waals surface area (Å²) in [5, 5.41) is 11.9. The van der Waals surface area contributed by atoms with E-state index in [-0.39, 0.29) is 5.82 Å². The van der Waals surface area contributed by atoms with Crippen molar-refractivity contribution in [2.75, 3.05) is 5.32 Å². The van der Waals surface area contributed by atoms with Gasteiger partial charge in [0.05, 0.1) is 5.69 Å². The van der Waals surface area contributed by atoms with E-state index in [2.05, 4.69) is 10.3 Å². The van der Waals surface area contributed by atoms with Crippen molar-refractivity contribution in [2.45, 2.75) is 6.54 Å². The summed E-state index contributed by atoms with van der Waals surface area (Å²) in [6, 6.07) is 11.8. The second kappa shape index (κ2) is 5.08. The van der Waals surface area contributed by atoms with Gasteiger partial charge in [-0.05, 0) is 29.8 Å². The van der Waals surface area contributed by atoms with Gasteiger partial charge in [-0.3, -0.25) is 0 Å². The Bertz CT molecular complexity index is 561. The molecule has 4 heteroatoms. The fraction of sp³-hybridized carbons (Fsp3) is 0.0769. The molecule has 0 radical (unpaired) electrons. The first-order valence-corrected chi connectivity index (χ1v) is 5.13. The van der Waals surface area contributed by atoms with Crippen molar-refractivity contribution in [1.29, 1.82) is 5.26 Å². The van der Waals surface area contributed by atoms with Crippen molar-refractivity contribution in [3.63, 3.8) is 0 Å². The van der Waals surface area contributed by atoms with Crippen LogP contribution in [-0.4, -0.2) is 4.98 Å². The first-order valence-electron chi connectivity index (χ1n) is 5.13. The molecule has 17 heavy (non-hydrogen) atoms. The number of pyridine rings is 1. The minimum atomic E-state index is -0.268. The molecule has 0 unspecified atom stereocenters. The van der Waals surface area contributed by atoms with Crippen LogP contribution in [0.25, 0.3) is 0 Å². The Balaban J connectivity index is 2.10. The Labute approximate surface area is 98.5 Å². The van der Waals surface area contributed by atoms with Gasteiger partial charge < -0.3 is 5.32 Å². The molecule has 0 saturated heterocycles. The van der Waals surface area contributed by atoms with Gasteiger partial charge in [-0.15, -0.1) is 0 Å². The van der Waals surface area contributed by atoms with Crippen molar-refractivity contribution in [3.8, 4) is 6.07 Å². The first kappa shape index (κ1) is 11.1. The van der Waals surface area contributed by atoms with E-state index in [0.717, 1.165) is 5.56 Å². The van der Waals surface area contributed by atoms with Crippen LogP contribution < -0.4 is 5.32 Å². The maximum Gasteiger partial charge on any atom is 0.163 e. The molecule has 3 nitrogen and oxygen atoms in total. The largest absolute Gasteiger partial charge is 0.379 e. The summed E-state index contributed by atoms with van der Waals surface area (Å²) in [5.41, 5.74) is 1.81. The summed E-state index contributed by atoms with van der Waals surface area (Å²) < 4.78 is 12.9. The van der Waals surface area contributed by atoms with Crippen molar-refractivity contribution in [1.82, 2.24) is 4.98 Å². The highest BCUT2D eigenvalue weighted by molar-refractivity contribution is 5.53. The molecule has 0 spiro atoms. The van der Waals surface area contributed by atoms with Crippen LogP contribution in [0.3, 0.4) is 0 Å². The molecule has 1 aromatic carbocycles. The number of nitriles is 1. The maximum atomic E-state index is 12.9. The normalized spacial score (nSPS) is 9.65. The van der Waals surface area contributed by atoms with Crippen LogP contribution in [0.5, 0.6) is 0 Å². The molecule has 2 aromatic rings. The summed E-state index contributed by atoms with van der Waals surface area (Å²) in [6.07, 6.45) is 1.56. The zero-order valence-corrected chi connectivity index (χ0v) is 9.02. The van der Waals surface area contributed by atoms with Gasteiger partial charge in [0, 0.05) is 12.7 Å². The van der Waals surface area contributed by atoms with Gasteiger partial charge in [0.1, 0.15) is 11.9 Å². The van der Waals surface area contributed by atoms with Gasteiger partial charge in [-0.1, -0.05) is 12.1 Å². The molecule has 0 aliphatic rings. The number of nitrogens with zero attached hydrogens (tertiary/aromatic N) is 2. The van der Waals surface area contributed by atoms with Crippen LogP contribution >= 0.6 is 0 Å². The van der Waals surface area contributed by atoms with Crippen LogP contribution in [0.4, 0.5) is 10.1 Å². The Hall–Kier alpha value is -2.41. The van der Waals surface area contributed by atoms with Crippen molar-refractivity contribution in [2.24, 2.45) is 0 Å². The second-order valence-corrected chi connectivity index (χ2v) is 3.49. The van der Waals surface area contributed by atoms with Gasteiger partial charge >= 0.3 is 0 Å². The predicted octanol–water partition coefficient (Wildman–Crippen LogP) is 2.70. The molecule has 0 saturated carbocycles. The SMILES string of the molecule is N#Cc1ncccc1NCc1cccc(F)c1. The Morgan fingerprint density at radius 2 is 2.18 bits per heavy atom. The Morgan fingerprint density at radius 3 is 2.94 bits per heavy atom. The van der Waals surface area contributed by atoms with Crippen LogP contribution in [0.15, 0.2) is 42.6 Å². The lowest BCUT2D eigenvalue weighted by Crippen LogP contribution is -2.02. The molecule has 0 aliphatic heterocycles. The molecule has 0 bridgehead atoms. The maximum absolute atomic E-state index is 12.9. The van der Waals surface area contributed by atoms with Crippen LogP contribution in [0, 0.1) is 17.1 Å². The van der Waals surface area contributed by atoms with Crippen LogP contribution in [0.2, 0.25) is 0 Å². The van der Waals surface area contributed by atoms with Gasteiger partial charge in [-0.2, -0.15) is 5.26 Å². The number of hydrogen-bond acceptors (Lipinski definition) is 3. The number of hydrogen-bond donors (Lipinski definition) is 1. The van der Waals surface area contributed by atoms with E-state index in [4.69, 9.17) is 5.26 Å². The molecule has 0 atom stereocenters. The van der Waals surface area contributed by atoms with E-state index in [0.29, 0.717) is 17.9 Å². The Morgan fingerprint density at radius 1 is 1.29 bits per heavy atom. The van der Waals surface area contributed by atoms with Gasteiger partial charge in [0.25, 0.3) is 0 Å². The summed E-state index contributed by atoms with van der Waals surface area (Å²) in [6.45, 7) is 0.456. The first-order chi connectivity index (χ1) is 8.29. The molecule has 84 valence electrons. The highest BCUT2D eigenvalue weighted by atomic mass is 19.1. The fourth-order valence-corrected chi connectivity index (χ4v) is 1.48. The summed E-state index contributed by atoms with van der Waals surface area (Å²) >= 11 is 0. The third-order valence-electron chi connectivity index (χ3n) is 2.29. The number of halogens is 1. The quantitative estimate of drug-likeness (QED) is 0.877. The topological polar surface area (TPSA) is 48.7 Å². The smallest absolute Gasteiger partial charge is 0.163 e. The lowest BCUT2D eigenvalue weighted by molar-refractivity contribution is 0.626. The molecular formula is C13H10FN3. The van der Waals surface area contributed by atoms with Crippen molar-refractivity contribution < 1.29 is 4.39 Å². The van der Waals surface area contributed by atoms with Crippen LogP contribution in [-0.2, 0) is 6.54 Å². The number of aromatic nitrogens is 1. The van der Waals surface area contributed by atoms with Crippen molar-refractivity contribution >= 4 is 5.69 Å². The molecule has 2 rings (SSSR count). The Kier molecular flexibility index (Phi) is 3.31. The zero-order valence-electron chi connectivity index (χ0n) is 9.02. The van der Waals surface area contributed by atoms with Gasteiger partial charge in [0.15, 0.2) is 5.69 Å². The minimum Gasteiger partial charge on any atom is -0.379 e. The van der Waals surface area contributed by atoms with E-state index >= 15 is 0 Å². The number of benzene rings is 1. The standard InChI is InChI=1S/C13H10FN3/c14-11-4-1-3-10(7-11)9-17-12-5-2-6-16-13(12)8-15/h1-7,17H,9H2. The van der Waals surface area contributed by atoms with E-state index in [9.17, 15) is 4.39 Å². The van der Waals surface area contributed by atoms with Gasteiger partial charge in [0.2, 0.25) is 0 Å². The lowest BCUT2D eigenvalue weighted by atomic mass is 10.2. The lowest BCUT2D eigenvalue weighted by Gasteiger charge is -2.07. The third kappa shape index (κ3) is 2.79. The molecule has 0 amide bonds. The molecule has 1 N–H and O–H groups in total. The van der Waals surface area contributed by atoms with E-state index < -0.39 is 0 Å². The number of anilines is 1. The van der Waals surface area contributed by atoms with Crippen molar-refractivity contribution in [3.05, 3.63) is 59.7 Å². The van der Waals surface area contributed by atoms with Crippen LogP contribution in [0.1, 0.15) is 11.3 Å². The summed E-state index contributed by atoms with van der Waals surface area (Å²) in [5.74, 6) is -0.268. The average molecular weight is 227 g/mol. The molecule has 1 heterocycles. The van der Waals surface area contributed by atoms with E-state index in [1.807, 2.05) is 12.1 Å². The molecule has 0 fully saturated rings. The number of nitrogens with one attached hydrogen (secondary N) is 1. The van der Waals surface area contributed by atoms with Gasteiger partial charge in [-0.25, -0.2) is 9.37 Å². The number of rotatable bonds is 3. The average Bonchev–Trinajstić information content (AvgIpc) is 2.37. The monoisotopic (exact) mass is 227 g/mol. The zero-order chi connectivity index (χ0) is 12.1. The molecule has 1 aromatic heterocycles. The highest BCUT2D eigenvalue weighted by Crippen LogP contribution is 2.12. The minimum absolute atomic E-state index is 0.268. The molecule has 0 aliphatic carbocycles. The third-order valence-corrected chi connectivity index (χ3v) is 2.29. The van der Waals surface area contributed by atoms with E-state index in [1.165, 1.54) is 12.1 Å². The molecular weight excluding hydrogens is 217 g/mol.